The van der Waals surface area contributed by atoms with E-state index < -0.39 is 5.97 Å². The molecule has 0 saturated heterocycles. The van der Waals surface area contributed by atoms with Crippen LogP contribution in [0.3, 0.4) is 0 Å². The van der Waals surface area contributed by atoms with E-state index in [9.17, 15) is 9.59 Å². The zero-order chi connectivity index (χ0) is 11.4. The van der Waals surface area contributed by atoms with Crippen molar-refractivity contribution in [3.05, 3.63) is 34.9 Å². The van der Waals surface area contributed by atoms with Gasteiger partial charge in [-0.1, -0.05) is 17.7 Å². The molecule has 0 saturated carbocycles. The van der Waals surface area contributed by atoms with Gasteiger partial charge in [0.25, 0.3) is 0 Å². The van der Waals surface area contributed by atoms with Crippen molar-refractivity contribution in [3.8, 4) is 0 Å². The smallest absolute Gasteiger partial charge is 0.335 e. The number of carboxylic acid groups (broad SMARTS) is 1. The quantitative estimate of drug-likeness (QED) is 0.821. The number of rotatable bonds is 4. The Hall–Kier alpha value is -1.64. The molecule has 80 valence electrons. The van der Waals surface area contributed by atoms with E-state index in [1.165, 1.54) is 6.92 Å². The minimum Gasteiger partial charge on any atom is -0.478 e. The zero-order valence-corrected chi connectivity index (χ0v) is 8.91. The molecule has 1 N–H and O–H groups in total. The number of hydrogen-bond acceptors (Lipinski definition) is 2. The van der Waals surface area contributed by atoms with Crippen LogP contribution in [-0.2, 0) is 11.2 Å². The van der Waals surface area contributed by atoms with Crippen molar-refractivity contribution in [1.82, 2.24) is 0 Å². The second-order valence-electron chi connectivity index (χ2n) is 3.67. The summed E-state index contributed by atoms with van der Waals surface area (Å²) in [5, 5.41) is 8.94. The van der Waals surface area contributed by atoms with Gasteiger partial charge in [0, 0.05) is 6.42 Å². The molecular weight excluding hydrogens is 192 g/mol. The topological polar surface area (TPSA) is 54.4 Å². The number of carboxylic acids is 1. The minimum atomic E-state index is -0.937. The number of aryl methyl sites for hydroxylation is 2. The lowest BCUT2D eigenvalue weighted by atomic mass is 9.99. The maximum absolute atomic E-state index is 10.9. The maximum Gasteiger partial charge on any atom is 0.335 e. The molecule has 3 heteroatoms. The fraction of sp³-hybridized carbons (Fsp3) is 0.333. The summed E-state index contributed by atoms with van der Waals surface area (Å²) in [5.41, 5.74) is 2.04. The molecule has 0 atom stereocenters. The lowest BCUT2D eigenvalue weighted by molar-refractivity contribution is -0.116. The highest BCUT2D eigenvalue weighted by Gasteiger charge is 2.10. The van der Waals surface area contributed by atoms with Crippen LogP contribution in [0.4, 0.5) is 0 Å². The molecular formula is C12H14O3. The van der Waals surface area contributed by atoms with Crippen LogP contribution in [0.2, 0.25) is 0 Å². The Kier molecular flexibility index (Phi) is 3.61. The van der Waals surface area contributed by atoms with E-state index in [2.05, 4.69) is 0 Å². The fourth-order valence-corrected chi connectivity index (χ4v) is 1.45. The molecule has 3 nitrogen and oxygen atoms in total. The van der Waals surface area contributed by atoms with Gasteiger partial charge in [0.2, 0.25) is 0 Å². The molecule has 0 aliphatic heterocycles. The molecule has 0 spiro atoms. The van der Waals surface area contributed by atoms with E-state index in [0.717, 1.165) is 11.1 Å². The van der Waals surface area contributed by atoms with E-state index in [-0.39, 0.29) is 5.78 Å². The third-order valence-electron chi connectivity index (χ3n) is 2.24. The van der Waals surface area contributed by atoms with Crippen LogP contribution < -0.4 is 0 Å². The Bertz CT molecular complexity index is 394. The first-order chi connectivity index (χ1) is 7.00. The number of Topliss-reactive ketones (excluding diaryl/α,β-unsaturated/α-hetero) is 1. The van der Waals surface area contributed by atoms with Gasteiger partial charge >= 0.3 is 5.97 Å². The number of benzene rings is 1. The molecule has 0 radical (unpaired) electrons. The monoisotopic (exact) mass is 206 g/mol. The SMILES string of the molecule is CC(=O)CCc1cc(C)ccc1C(=O)O. The molecule has 0 aliphatic rings. The van der Waals surface area contributed by atoms with E-state index in [1.807, 2.05) is 13.0 Å². The van der Waals surface area contributed by atoms with Crippen molar-refractivity contribution in [3.63, 3.8) is 0 Å². The highest BCUT2D eigenvalue weighted by atomic mass is 16.4. The summed E-state index contributed by atoms with van der Waals surface area (Å²) in [6.07, 6.45) is 0.891. The first-order valence-corrected chi connectivity index (χ1v) is 4.83. The lowest BCUT2D eigenvalue weighted by Gasteiger charge is -2.05. The summed E-state index contributed by atoms with van der Waals surface area (Å²) < 4.78 is 0. The Morgan fingerprint density at radius 1 is 1.33 bits per heavy atom. The van der Waals surface area contributed by atoms with Gasteiger partial charge in [-0.15, -0.1) is 0 Å². The number of ketones is 1. The van der Waals surface area contributed by atoms with Gasteiger partial charge in [-0.3, -0.25) is 0 Å². The number of carbonyl (C=O) groups excluding carboxylic acids is 1. The van der Waals surface area contributed by atoms with Crippen molar-refractivity contribution in [2.45, 2.75) is 26.7 Å². The Morgan fingerprint density at radius 3 is 2.53 bits per heavy atom. The van der Waals surface area contributed by atoms with Crippen molar-refractivity contribution >= 4 is 11.8 Å². The molecule has 0 bridgehead atoms. The van der Waals surface area contributed by atoms with Gasteiger partial charge < -0.3 is 9.90 Å². The second-order valence-corrected chi connectivity index (χ2v) is 3.67. The largest absolute Gasteiger partial charge is 0.478 e. The molecule has 0 heterocycles. The van der Waals surface area contributed by atoms with Crippen molar-refractivity contribution in [1.29, 1.82) is 0 Å². The van der Waals surface area contributed by atoms with Gasteiger partial charge in [0.05, 0.1) is 5.56 Å². The van der Waals surface area contributed by atoms with Gasteiger partial charge in [-0.2, -0.15) is 0 Å². The summed E-state index contributed by atoms with van der Waals surface area (Å²) in [4.78, 5) is 21.7. The standard InChI is InChI=1S/C12H14O3/c1-8-3-6-11(12(14)15)10(7-8)5-4-9(2)13/h3,6-7H,4-5H2,1-2H3,(H,14,15). The average molecular weight is 206 g/mol. The highest BCUT2D eigenvalue weighted by Crippen LogP contribution is 2.14. The zero-order valence-electron chi connectivity index (χ0n) is 8.91. The summed E-state index contributed by atoms with van der Waals surface area (Å²) in [6.45, 7) is 3.42. The van der Waals surface area contributed by atoms with Crippen LogP contribution in [0.1, 0.15) is 34.8 Å². The van der Waals surface area contributed by atoms with Crippen LogP contribution >= 0.6 is 0 Å². The van der Waals surface area contributed by atoms with Gasteiger partial charge in [-0.05, 0) is 31.9 Å². The molecule has 1 aromatic rings. The molecule has 15 heavy (non-hydrogen) atoms. The Morgan fingerprint density at radius 2 is 2.00 bits per heavy atom. The van der Waals surface area contributed by atoms with Crippen LogP contribution in [0.5, 0.6) is 0 Å². The van der Waals surface area contributed by atoms with Gasteiger partial charge in [0.15, 0.2) is 0 Å². The summed E-state index contributed by atoms with van der Waals surface area (Å²) in [6, 6.07) is 5.18. The summed E-state index contributed by atoms with van der Waals surface area (Å²) in [5.74, 6) is -0.860. The van der Waals surface area contributed by atoms with E-state index in [1.54, 1.807) is 12.1 Å². The van der Waals surface area contributed by atoms with Crippen molar-refractivity contribution in [2.75, 3.05) is 0 Å². The number of aromatic carboxylic acids is 1. The van der Waals surface area contributed by atoms with Crippen LogP contribution in [0.15, 0.2) is 18.2 Å². The Balaban J connectivity index is 2.96. The highest BCUT2D eigenvalue weighted by molar-refractivity contribution is 5.89. The van der Waals surface area contributed by atoms with E-state index in [4.69, 9.17) is 5.11 Å². The second kappa shape index (κ2) is 4.73. The lowest BCUT2D eigenvalue weighted by Crippen LogP contribution is -2.04. The van der Waals surface area contributed by atoms with Crippen LogP contribution in [0, 0.1) is 6.92 Å². The van der Waals surface area contributed by atoms with Crippen molar-refractivity contribution in [2.24, 2.45) is 0 Å². The third-order valence-corrected chi connectivity index (χ3v) is 2.24. The molecule has 0 unspecified atom stereocenters. The van der Waals surface area contributed by atoms with Gasteiger partial charge in [-0.25, -0.2) is 4.79 Å². The average Bonchev–Trinajstić information content (AvgIpc) is 2.14. The number of carbonyl (C=O) groups is 2. The molecule has 0 aromatic heterocycles. The van der Waals surface area contributed by atoms with Crippen molar-refractivity contribution < 1.29 is 14.7 Å². The first kappa shape index (κ1) is 11.4. The molecule has 0 aliphatic carbocycles. The molecule has 1 aromatic carbocycles. The van der Waals surface area contributed by atoms with Gasteiger partial charge in [0.1, 0.15) is 5.78 Å². The predicted octanol–water partition coefficient (Wildman–Crippen LogP) is 2.21. The van der Waals surface area contributed by atoms with Crippen LogP contribution in [-0.4, -0.2) is 16.9 Å². The molecule has 0 amide bonds. The minimum absolute atomic E-state index is 0.0767. The predicted molar refractivity (Wildman–Crippen MR) is 57.1 cm³/mol. The van der Waals surface area contributed by atoms with E-state index in [0.29, 0.717) is 18.4 Å². The maximum atomic E-state index is 10.9. The van der Waals surface area contributed by atoms with E-state index >= 15 is 0 Å². The Labute approximate surface area is 88.7 Å². The van der Waals surface area contributed by atoms with Crippen LogP contribution in [0.25, 0.3) is 0 Å². The summed E-state index contributed by atoms with van der Waals surface area (Å²) in [7, 11) is 0. The third kappa shape index (κ3) is 3.20. The number of hydrogen-bond donors (Lipinski definition) is 1. The molecule has 1 rings (SSSR count). The summed E-state index contributed by atoms with van der Waals surface area (Å²) >= 11 is 0. The normalized spacial score (nSPS) is 10.0. The first-order valence-electron chi connectivity index (χ1n) is 4.83. The fourth-order valence-electron chi connectivity index (χ4n) is 1.45. The molecule has 0 fully saturated rings.